The molecule has 0 saturated carbocycles. The second-order valence-corrected chi connectivity index (χ2v) is 4.66. The van der Waals surface area contributed by atoms with Crippen LogP contribution in [0.2, 0.25) is 0 Å². The number of rotatable bonds is 2. The van der Waals surface area contributed by atoms with Gasteiger partial charge in [-0.1, -0.05) is 30.3 Å². The van der Waals surface area contributed by atoms with Gasteiger partial charge >= 0.3 is 5.51 Å². The first-order chi connectivity index (χ1) is 7.97. The lowest BCUT2D eigenvalue weighted by molar-refractivity contribution is -0.0327. The van der Waals surface area contributed by atoms with Gasteiger partial charge in [-0.05, 0) is 23.4 Å². The van der Waals surface area contributed by atoms with E-state index >= 15 is 0 Å². The zero-order valence-corrected chi connectivity index (χ0v) is 9.85. The highest BCUT2D eigenvalue weighted by molar-refractivity contribution is 8.00. The smallest absolute Gasteiger partial charge is 0.350 e. The van der Waals surface area contributed by atoms with Gasteiger partial charge in [-0.25, -0.2) is 0 Å². The lowest BCUT2D eigenvalue weighted by atomic mass is 10.1. The quantitative estimate of drug-likeness (QED) is 0.726. The number of alkyl halides is 3. The summed E-state index contributed by atoms with van der Waals surface area (Å²) in [7, 11) is 1.74. The van der Waals surface area contributed by atoms with Gasteiger partial charge in [-0.3, -0.25) is 0 Å². The van der Waals surface area contributed by atoms with Crippen molar-refractivity contribution in [1.82, 2.24) is 4.57 Å². The molecule has 1 aromatic carbocycles. The summed E-state index contributed by atoms with van der Waals surface area (Å²) >= 11 is -0.0778. The van der Waals surface area contributed by atoms with Crippen LogP contribution in [0.3, 0.4) is 0 Å². The average molecular weight is 257 g/mol. The molecule has 90 valence electrons. The number of nitrogens with zero attached hydrogens (tertiary/aromatic N) is 1. The van der Waals surface area contributed by atoms with Gasteiger partial charge in [0.25, 0.3) is 0 Å². The second kappa shape index (κ2) is 4.49. The molecule has 1 nitrogen and oxygen atoms in total. The number of halogens is 3. The van der Waals surface area contributed by atoms with E-state index in [0.717, 1.165) is 5.56 Å². The van der Waals surface area contributed by atoms with Crippen molar-refractivity contribution in [2.24, 2.45) is 7.05 Å². The molecule has 0 N–H and O–H groups in total. The van der Waals surface area contributed by atoms with Crippen molar-refractivity contribution in [3.8, 4) is 11.3 Å². The zero-order chi connectivity index (χ0) is 12.5. The number of aromatic nitrogens is 1. The largest absolute Gasteiger partial charge is 0.446 e. The van der Waals surface area contributed by atoms with Crippen LogP contribution >= 0.6 is 11.8 Å². The van der Waals surface area contributed by atoms with Crippen molar-refractivity contribution in [3.63, 3.8) is 0 Å². The summed E-state index contributed by atoms with van der Waals surface area (Å²) in [4.78, 5) is 0.228. The van der Waals surface area contributed by atoms with Gasteiger partial charge in [-0.2, -0.15) is 13.2 Å². The fraction of sp³-hybridized carbons (Fsp3) is 0.167. The molecule has 0 spiro atoms. The molecule has 0 bridgehead atoms. The molecule has 2 aromatic rings. The van der Waals surface area contributed by atoms with Crippen molar-refractivity contribution >= 4 is 11.8 Å². The van der Waals surface area contributed by atoms with Crippen LogP contribution in [0.25, 0.3) is 11.3 Å². The summed E-state index contributed by atoms with van der Waals surface area (Å²) in [5, 5.41) is 0. The SMILES string of the molecule is Cn1ccc(SC(F)(F)F)c1-c1ccccc1. The predicted molar refractivity (Wildman–Crippen MR) is 62.8 cm³/mol. The molecule has 0 atom stereocenters. The maximum absolute atomic E-state index is 12.4. The third kappa shape index (κ3) is 2.85. The summed E-state index contributed by atoms with van der Waals surface area (Å²) in [5.41, 5.74) is -2.88. The molecule has 0 saturated heterocycles. The molecule has 5 heteroatoms. The van der Waals surface area contributed by atoms with Gasteiger partial charge in [0.2, 0.25) is 0 Å². The highest BCUT2D eigenvalue weighted by Gasteiger charge is 2.31. The molecule has 0 aliphatic carbocycles. The van der Waals surface area contributed by atoms with Crippen LogP contribution in [-0.4, -0.2) is 10.1 Å². The second-order valence-electron chi connectivity index (χ2n) is 3.55. The van der Waals surface area contributed by atoms with E-state index in [1.54, 1.807) is 29.9 Å². The maximum atomic E-state index is 12.4. The first-order valence-electron chi connectivity index (χ1n) is 4.94. The van der Waals surface area contributed by atoms with E-state index in [0.29, 0.717) is 5.69 Å². The van der Waals surface area contributed by atoms with Crippen LogP contribution in [-0.2, 0) is 7.05 Å². The Morgan fingerprint density at radius 1 is 1.06 bits per heavy atom. The molecule has 0 amide bonds. The third-order valence-corrected chi connectivity index (χ3v) is 3.09. The highest BCUT2D eigenvalue weighted by Crippen LogP contribution is 2.41. The molecule has 17 heavy (non-hydrogen) atoms. The number of thioether (sulfide) groups is 1. The van der Waals surface area contributed by atoms with Crippen LogP contribution < -0.4 is 0 Å². The van der Waals surface area contributed by atoms with Gasteiger partial charge in [0.1, 0.15) is 0 Å². The Morgan fingerprint density at radius 3 is 2.29 bits per heavy atom. The summed E-state index contributed by atoms with van der Waals surface area (Å²) < 4.78 is 38.9. The van der Waals surface area contributed by atoms with Crippen molar-refractivity contribution in [1.29, 1.82) is 0 Å². The molecule has 0 fully saturated rings. The van der Waals surface area contributed by atoms with E-state index < -0.39 is 5.51 Å². The number of aryl methyl sites for hydroxylation is 1. The van der Waals surface area contributed by atoms with Crippen LogP contribution in [0, 0.1) is 0 Å². The van der Waals surface area contributed by atoms with E-state index in [-0.39, 0.29) is 16.7 Å². The molecule has 1 heterocycles. The van der Waals surface area contributed by atoms with Gasteiger partial charge in [0.05, 0.1) is 5.69 Å². The third-order valence-electron chi connectivity index (χ3n) is 2.31. The number of hydrogen-bond donors (Lipinski definition) is 0. The van der Waals surface area contributed by atoms with Gasteiger partial charge in [0.15, 0.2) is 0 Å². The van der Waals surface area contributed by atoms with E-state index in [1.807, 2.05) is 18.2 Å². The minimum absolute atomic E-state index is 0.0778. The van der Waals surface area contributed by atoms with Crippen molar-refractivity contribution in [3.05, 3.63) is 42.6 Å². The van der Waals surface area contributed by atoms with Gasteiger partial charge in [0, 0.05) is 18.1 Å². The molecule has 0 aliphatic rings. The number of benzene rings is 1. The Bertz CT molecular complexity index is 502. The van der Waals surface area contributed by atoms with Gasteiger partial charge < -0.3 is 4.57 Å². The van der Waals surface area contributed by atoms with Crippen molar-refractivity contribution < 1.29 is 13.2 Å². The molecule has 0 aliphatic heterocycles. The number of hydrogen-bond acceptors (Lipinski definition) is 1. The monoisotopic (exact) mass is 257 g/mol. The summed E-state index contributed by atoms with van der Waals surface area (Å²) in [6, 6.07) is 10.5. The Hall–Kier alpha value is -1.36. The van der Waals surface area contributed by atoms with Crippen LogP contribution in [0.1, 0.15) is 0 Å². The minimum atomic E-state index is -4.26. The van der Waals surface area contributed by atoms with E-state index in [4.69, 9.17) is 0 Å². The van der Waals surface area contributed by atoms with Gasteiger partial charge in [-0.15, -0.1) is 0 Å². The molecular formula is C12H10F3NS. The van der Waals surface area contributed by atoms with E-state index in [1.165, 1.54) is 6.07 Å². The Labute approximate surface area is 101 Å². The minimum Gasteiger partial charge on any atom is -0.350 e. The standard InChI is InChI=1S/C12H10F3NS/c1-16-8-7-10(17-12(13,14)15)11(16)9-5-3-2-4-6-9/h2-8H,1H3. The summed E-state index contributed by atoms with van der Waals surface area (Å²) in [6.07, 6.45) is 1.64. The molecular weight excluding hydrogens is 247 g/mol. The van der Waals surface area contributed by atoms with E-state index in [2.05, 4.69) is 0 Å². The maximum Gasteiger partial charge on any atom is 0.446 e. The van der Waals surface area contributed by atoms with Crippen molar-refractivity contribution in [2.45, 2.75) is 10.4 Å². The molecule has 0 radical (unpaired) electrons. The average Bonchev–Trinajstić information content (AvgIpc) is 2.58. The first kappa shape index (κ1) is 12.1. The van der Waals surface area contributed by atoms with Crippen LogP contribution in [0.5, 0.6) is 0 Å². The van der Waals surface area contributed by atoms with Crippen LogP contribution in [0.4, 0.5) is 13.2 Å². The lowest BCUT2D eigenvalue weighted by Gasteiger charge is -2.09. The summed E-state index contributed by atoms with van der Waals surface area (Å²) in [6.45, 7) is 0. The molecule has 2 rings (SSSR count). The normalized spacial score (nSPS) is 11.8. The fourth-order valence-corrected chi connectivity index (χ4v) is 2.39. The Morgan fingerprint density at radius 2 is 1.71 bits per heavy atom. The molecule has 0 unspecified atom stereocenters. The highest BCUT2D eigenvalue weighted by atomic mass is 32.2. The molecule has 1 aromatic heterocycles. The summed E-state index contributed by atoms with van der Waals surface area (Å²) in [5.74, 6) is 0. The van der Waals surface area contributed by atoms with Crippen molar-refractivity contribution in [2.75, 3.05) is 0 Å². The first-order valence-corrected chi connectivity index (χ1v) is 5.75. The topological polar surface area (TPSA) is 4.93 Å². The Balaban J connectivity index is 2.44. The Kier molecular flexibility index (Phi) is 3.19. The fourth-order valence-electron chi connectivity index (χ4n) is 1.66. The lowest BCUT2D eigenvalue weighted by Crippen LogP contribution is -2.00. The van der Waals surface area contributed by atoms with E-state index in [9.17, 15) is 13.2 Å². The van der Waals surface area contributed by atoms with Crippen LogP contribution in [0.15, 0.2) is 47.5 Å². The zero-order valence-electron chi connectivity index (χ0n) is 9.03. The predicted octanol–water partition coefficient (Wildman–Crippen LogP) is 4.30.